The van der Waals surface area contributed by atoms with Crippen LogP contribution in [-0.2, 0) is 32.9 Å². The van der Waals surface area contributed by atoms with Crippen LogP contribution in [-0.4, -0.2) is 30.9 Å². The van der Waals surface area contributed by atoms with Crippen molar-refractivity contribution in [3.8, 4) is 0 Å². The van der Waals surface area contributed by atoms with E-state index in [2.05, 4.69) is 14.8 Å². The molecule has 7 nitrogen and oxygen atoms in total. The highest BCUT2D eigenvalue weighted by atomic mass is 32.2. The Labute approximate surface area is 153 Å². The average molecular weight is 396 g/mol. The molecular formula is C17H21N3O4S2. The first-order valence-corrected chi connectivity index (χ1v) is 11.1. The molecule has 0 atom stereocenters. The van der Waals surface area contributed by atoms with Gasteiger partial charge in [-0.2, -0.15) is 0 Å². The molecule has 0 amide bonds. The Balaban J connectivity index is 2.00. The minimum absolute atomic E-state index is 0.0225. The van der Waals surface area contributed by atoms with Gasteiger partial charge in [0.1, 0.15) is 0 Å². The summed E-state index contributed by atoms with van der Waals surface area (Å²) in [5.74, 6) is 0. The molecule has 9 heteroatoms. The van der Waals surface area contributed by atoms with E-state index in [1.54, 1.807) is 19.2 Å². The monoisotopic (exact) mass is 395 g/mol. The van der Waals surface area contributed by atoms with Gasteiger partial charge in [-0.3, -0.25) is 4.72 Å². The Bertz CT molecular complexity index is 1050. The number of aryl methyl sites for hydroxylation is 2. The molecule has 26 heavy (non-hydrogen) atoms. The first kappa shape index (κ1) is 18.7. The van der Waals surface area contributed by atoms with Gasteiger partial charge in [0.25, 0.3) is 10.0 Å². The number of benzene rings is 2. The summed E-state index contributed by atoms with van der Waals surface area (Å²) < 4.78 is 54.3. The van der Waals surface area contributed by atoms with Crippen molar-refractivity contribution in [2.24, 2.45) is 0 Å². The van der Waals surface area contributed by atoms with Crippen molar-refractivity contribution < 1.29 is 16.8 Å². The van der Waals surface area contributed by atoms with Crippen molar-refractivity contribution in [3.63, 3.8) is 0 Å². The fourth-order valence-corrected chi connectivity index (χ4v) is 4.91. The van der Waals surface area contributed by atoms with Gasteiger partial charge in [-0.25, -0.2) is 21.6 Å². The van der Waals surface area contributed by atoms with E-state index in [4.69, 9.17) is 0 Å². The van der Waals surface area contributed by atoms with E-state index in [0.717, 1.165) is 24.8 Å². The molecule has 0 unspecified atom stereocenters. The van der Waals surface area contributed by atoms with Crippen LogP contribution in [0.5, 0.6) is 0 Å². The molecule has 0 fully saturated rings. The first-order valence-electron chi connectivity index (χ1n) is 8.17. The highest BCUT2D eigenvalue weighted by molar-refractivity contribution is 7.92. The van der Waals surface area contributed by atoms with Crippen LogP contribution in [0.15, 0.2) is 46.2 Å². The van der Waals surface area contributed by atoms with E-state index in [1.807, 2.05) is 6.07 Å². The number of rotatable bonds is 6. The second kappa shape index (κ2) is 6.90. The van der Waals surface area contributed by atoms with E-state index < -0.39 is 20.0 Å². The summed E-state index contributed by atoms with van der Waals surface area (Å²) >= 11 is 0. The van der Waals surface area contributed by atoms with Gasteiger partial charge in [0.05, 0.1) is 21.2 Å². The molecule has 1 aliphatic carbocycles. The van der Waals surface area contributed by atoms with Gasteiger partial charge < -0.3 is 5.32 Å². The van der Waals surface area contributed by atoms with Gasteiger partial charge in [-0.1, -0.05) is 6.07 Å². The zero-order valence-corrected chi connectivity index (χ0v) is 16.2. The molecule has 3 N–H and O–H groups in total. The third-order valence-electron chi connectivity index (χ3n) is 4.46. The molecule has 0 saturated carbocycles. The molecule has 140 valence electrons. The van der Waals surface area contributed by atoms with E-state index >= 15 is 0 Å². The van der Waals surface area contributed by atoms with E-state index in [-0.39, 0.29) is 15.5 Å². The number of sulfonamides is 2. The number of nitrogens with one attached hydrogen (secondary N) is 3. The summed E-state index contributed by atoms with van der Waals surface area (Å²) in [5, 5.41) is 2.87. The quantitative estimate of drug-likeness (QED) is 0.693. The Hall–Kier alpha value is -2.10. The summed E-state index contributed by atoms with van der Waals surface area (Å²) in [6.45, 7) is 0. The lowest BCUT2D eigenvalue weighted by Gasteiger charge is -2.14. The van der Waals surface area contributed by atoms with Crippen LogP contribution >= 0.6 is 0 Å². The van der Waals surface area contributed by atoms with Gasteiger partial charge in [0.2, 0.25) is 10.0 Å². The zero-order chi connectivity index (χ0) is 18.9. The largest absolute Gasteiger partial charge is 0.386 e. The Kier molecular flexibility index (Phi) is 4.96. The Morgan fingerprint density at radius 1 is 0.769 bits per heavy atom. The third kappa shape index (κ3) is 3.55. The second-order valence-electron chi connectivity index (χ2n) is 6.05. The SMILES string of the molecule is CNc1ccc(S(=O)(=O)NC)cc1NS(=O)(=O)c1ccc2c(c1)CCC2. The maximum absolute atomic E-state index is 12.8. The maximum atomic E-state index is 12.8. The summed E-state index contributed by atoms with van der Waals surface area (Å²) in [4.78, 5) is 0.146. The van der Waals surface area contributed by atoms with Crippen molar-refractivity contribution in [3.05, 3.63) is 47.5 Å². The van der Waals surface area contributed by atoms with E-state index in [0.29, 0.717) is 5.69 Å². The lowest BCUT2D eigenvalue weighted by atomic mass is 10.1. The lowest BCUT2D eigenvalue weighted by molar-refractivity contribution is 0.588. The fourth-order valence-electron chi connectivity index (χ4n) is 3.03. The average Bonchev–Trinajstić information content (AvgIpc) is 3.09. The highest BCUT2D eigenvalue weighted by Crippen LogP contribution is 2.29. The predicted molar refractivity (Wildman–Crippen MR) is 102 cm³/mol. The minimum Gasteiger partial charge on any atom is -0.386 e. The molecule has 0 spiro atoms. The smallest absolute Gasteiger partial charge is 0.261 e. The fraction of sp³-hybridized carbons (Fsp3) is 0.294. The number of hydrogen-bond donors (Lipinski definition) is 3. The molecule has 2 aromatic carbocycles. The zero-order valence-electron chi connectivity index (χ0n) is 14.5. The molecular weight excluding hydrogens is 374 g/mol. The van der Waals surface area contributed by atoms with Crippen LogP contribution in [0.3, 0.4) is 0 Å². The number of hydrogen-bond acceptors (Lipinski definition) is 5. The highest BCUT2D eigenvalue weighted by Gasteiger charge is 2.21. The van der Waals surface area contributed by atoms with Gasteiger partial charge in [0.15, 0.2) is 0 Å². The molecule has 2 aromatic rings. The molecule has 0 heterocycles. The Morgan fingerprint density at radius 3 is 2.12 bits per heavy atom. The van der Waals surface area contributed by atoms with Gasteiger partial charge in [-0.05, 0) is 67.8 Å². The van der Waals surface area contributed by atoms with Crippen LogP contribution in [0.1, 0.15) is 17.5 Å². The van der Waals surface area contributed by atoms with Crippen molar-refractivity contribution in [1.29, 1.82) is 0 Å². The predicted octanol–water partition coefficient (Wildman–Crippen LogP) is 1.93. The number of fused-ring (bicyclic) bond motifs is 1. The van der Waals surface area contributed by atoms with Crippen molar-refractivity contribution in [1.82, 2.24) is 4.72 Å². The van der Waals surface area contributed by atoms with Gasteiger partial charge >= 0.3 is 0 Å². The normalized spacial score (nSPS) is 14.1. The molecule has 0 aliphatic heterocycles. The Morgan fingerprint density at radius 2 is 1.42 bits per heavy atom. The summed E-state index contributed by atoms with van der Waals surface area (Å²) in [6, 6.07) is 9.34. The van der Waals surface area contributed by atoms with Crippen LogP contribution in [0.25, 0.3) is 0 Å². The van der Waals surface area contributed by atoms with Crippen LogP contribution in [0.2, 0.25) is 0 Å². The molecule has 0 saturated heterocycles. The van der Waals surface area contributed by atoms with Gasteiger partial charge in [-0.15, -0.1) is 0 Å². The summed E-state index contributed by atoms with van der Waals surface area (Å²) in [5.41, 5.74) is 2.88. The van der Waals surface area contributed by atoms with Crippen molar-refractivity contribution in [2.45, 2.75) is 29.1 Å². The number of anilines is 2. The van der Waals surface area contributed by atoms with Crippen molar-refractivity contribution in [2.75, 3.05) is 24.1 Å². The third-order valence-corrected chi connectivity index (χ3v) is 7.24. The lowest BCUT2D eigenvalue weighted by Crippen LogP contribution is -2.19. The van der Waals surface area contributed by atoms with E-state index in [9.17, 15) is 16.8 Å². The summed E-state index contributed by atoms with van der Waals surface area (Å²) in [7, 11) is -4.59. The second-order valence-corrected chi connectivity index (χ2v) is 9.62. The van der Waals surface area contributed by atoms with Crippen LogP contribution in [0, 0.1) is 0 Å². The molecule has 3 rings (SSSR count). The standard InChI is InChI=1S/C17H21N3O4S2/c1-18-16-9-8-15(25(21,22)19-2)11-17(16)20-26(23,24)14-7-6-12-4-3-5-13(12)10-14/h6-11,18-20H,3-5H2,1-2H3. The van der Waals surface area contributed by atoms with Crippen molar-refractivity contribution >= 4 is 31.4 Å². The first-order chi connectivity index (χ1) is 12.3. The van der Waals surface area contributed by atoms with Crippen LogP contribution in [0.4, 0.5) is 11.4 Å². The maximum Gasteiger partial charge on any atom is 0.261 e. The topological polar surface area (TPSA) is 104 Å². The van der Waals surface area contributed by atoms with Gasteiger partial charge in [0, 0.05) is 7.05 Å². The molecule has 0 bridgehead atoms. The minimum atomic E-state index is -3.84. The van der Waals surface area contributed by atoms with Crippen LogP contribution < -0.4 is 14.8 Å². The molecule has 0 aromatic heterocycles. The van der Waals surface area contributed by atoms with E-state index in [1.165, 1.54) is 30.8 Å². The summed E-state index contributed by atoms with van der Waals surface area (Å²) in [6.07, 6.45) is 2.87. The molecule has 1 aliphatic rings. The molecule has 0 radical (unpaired) electrons.